The van der Waals surface area contributed by atoms with Crippen molar-refractivity contribution in [2.75, 3.05) is 12.4 Å². The maximum absolute atomic E-state index is 12.9. The second-order valence-electron chi connectivity index (χ2n) is 11.3. The lowest BCUT2D eigenvalue weighted by Crippen LogP contribution is -2.55. The van der Waals surface area contributed by atoms with Gasteiger partial charge in [-0.25, -0.2) is 4.79 Å². The molecule has 4 rings (SSSR count). The summed E-state index contributed by atoms with van der Waals surface area (Å²) in [4.78, 5) is 25.1. The van der Waals surface area contributed by atoms with E-state index < -0.39 is 17.2 Å². The van der Waals surface area contributed by atoms with Gasteiger partial charge in [-0.2, -0.15) is 5.10 Å². The summed E-state index contributed by atoms with van der Waals surface area (Å²) >= 11 is 12.7. The average Bonchev–Trinajstić information content (AvgIpc) is 3.25. The monoisotopic (exact) mass is 611 g/mol. The Morgan fingerprint density at radius 1 is 0.952 bits per heavy atom. The molecule has 0 saturated heterocycles. The fourth-order valence-electron chi connectivity index (χ4n) is 4.33. The van der Waals surface area contributed by atoms with Crippen molar-refractivity contribution < 1.29 is 19.1 Å². The van der Waals surface area contributed by atoms with Crippen molar-refractivity contribution in [3.63, 3.8) is 0 Å². The van der Waals surface area contributed by atoms with Crippen molar-refractivity contribution in [3.05, 3.63) is 81.8 Å². The van der Waals surface area contributed by atoms with E-state index in [9.17, 15) is 9.59 Å². The van der Waals surface area contributed by atoms with Gasteiger partial charge in [0.1, 0.15) is 16.9 Å². The number of hydrogen-bond donors (Lipinski definition) is 3. The lowest BCUT2D eigenvalue weighted by atomic mass is 10.0. The quantitative estimate of drug-likeness (QED) is 0.187. The van der Waals surface area contributed by atoms with Crippen molar-refractivity contribution in [2.24, 2.45) is 0 Å². The number of carbonyl (C=O) groups excluding carboxylic acids is 2. The first-order chi connectivity index (χ1) is 19.8. The van der Waals surface area contributed by atoms with Gasteiger partial charge >= 0.3 is 6.09 Å². The standard InChI is InChI=1S/C31H35Cl2N5O4/c1-30(2,3)42-29(40)36-31(4,5)28(39)34-17-19-10-7-11-20(16-19)18-38-23-14-9-15-24(41-6)25(23)27(37-38)35-22-13-8-12-21(32)26(22)33/h7-16H,17-18H2,1-6H3,(H,34,39)(H,35,37)(H,36,40). The lowest BCUT2D eigenvalue weighted by molar-refractivity contribution is -0.126. The molecule has 0 atom stereocenters. The molecule has 222 valence electrons. The van der Waals surface area contributed by atoms with Gasteiger partial charge < -0.3 is 25.4 Å². The highest BCUT2D eigenvalue weighted by atomic mass is 35.5. The maximum Gasteiger partial charge on any atom is 0.408 e. The fraction of sp³-hybridized carbons (Fsp3) is 0.323. The molecule has 9 nitrogen and oxygen atoms in total. The van der Waals surface area contributed by atoms with Crippen molar-refractivity contribution in [3.8, 4) is 5.75 Å². The van der Waals surface area contributed by atoms with Crippen LogP contribution in [0.2, 0.25) is 10.0 Å². The zero-order valence-corrected chi connectivity index (χ0v) is 26.0. The van der Waals surface area contributed by atoms with E-state index in [0.717, 1.165) is 22.0 Å². The van der Waals surface area contributed by atoms with Crippen molar-refractivity contribution >= 4 is 57.6 Å². The summed E-state index contributed by atoms with van der Waals surface area (Å²) in [5.74, 6) is 0.910. The van der Waals surface area contributed by atoms with Crippen LogP contribution in [-0.4, -0.2) is 40.0 Å². The Bertz CT molecular complexity index is 1610. The van der Waals surface area contributed by atoms with Crippen LogP contribution in [-0.2, 0) is 22.6 Å². The van der Waals surface area contributed by atoms with Crippen LogP contribution >= 0.6 is 23.2 Å². The second kappa shape index (κ2) is 12.5. The molecule has 1 aromatic heterocycles. The number of nitrogens with one attached hydrogen (secondary N) is 3. The van der Waals surface area contributed by atoms with E-state index in [0.29, 0.717) is 33.8 Å². The molecule has 0 aliphatic carbocycles. The number of nitrogens with zero attached hydrogens (tertiary/aromatic N) is 2. The maximum atomic E-state index is 12.9. The van der Waals surface area contributed by atoms with Gasteiger partial charge in [-0.3, -0.25) is 9.48 Å². The number of ether oxygens (including phenoxy) is 2. The average molecular weight is 613 g/mol. The Morgan fingerprint density at radius 2 is 1.64 bits per heavy atom. The Labute approximate surface area is 255 Å². The molecule has 0 bridgehead atoms. The van der Waals surface area contributed by atoms with Crippen LogP contribution in [0.5, 0.6) is 5.75 Å². The van der Waals surface area contributed by atoms with E-state index in [-0.39, 0.29) is 12.5 Å². The third-order valence-corrected chi connectivity index (χ3v) is 7.14. The molecule has 0 unspecified atom stereocenters. The van der Waals surface area contributed by atoms with Gasteiger partial charge in [0, 0.05) is 6.54 Å². The minimum atomic E-state index is -1.16. The SMILES string of the molecule is COc1cccc2c1c(Nc1cccc(Cl)c1Cl)nn2Cc1cccc(CNC(=O)C(C)(C)NC(=O)OC(C)(C)C)c1. The summed E-state index contributed by atoms with van der Waals surface area (Å²) in [5.41, 5.74) is 1.54. The van der Waals surface area contributed by atoms with Crippen LogP contribution in [0, 0.1) is 0 Å². The molecule has 0 aliphatic heterocycles. The minimum Gasteiger partial charge on any atom is -0.496 e. The van der Waals surface area contributed by atoms with Crippen LogP contribution in [0.4, 0.5) is 16.3 Å². The van der Waals surface area contributed by atoms with Gasteiger partial charge in [-0.15, -0.1) is 0 Å². The molecule has 0 saturated carbocycles. The molecule has 3 N–H and O–H groups in total. The molecule has 4 aromatic rings. The number of methoxy groups -OCH3 is 1. The predicted molar refractivity (Wildman–Crippen MR) is 167 cm³/mol. The topological polar surface area (TPSA) is 107 Å². The first-order valence-electron chi connectivity index (χ1n) is 13.4. The van der Waals surface area contributed by atoms with Crippen molar-refractivity contribution in [1.29, 1.82) is 0 Å². The van der Waals surface area contributed by atoms with Gasteiger partial charge in [-0.1, -0.05) is 59.6 Å². The minimum absolute atomic E-state index is 0.278. The summed E-state index contributed by atoms with van der Waals surface area (Å²) in [6, 6.07) is 19.0. The molecular weight excluding hydrogens is 577 g/mol. The third kappa shape index (κ3) is 7.46. The van der Waals surface area contributed by atoms with E-state index in [2.05, 4.69) is 16.0 Å². The van der Waals surface area contributed by atoms with E-state index in [4.69, 9.17) is 37.8 Å². The van der Waals surface area contributed by atoms with Gasteiger partial charge in [0.25, 0.3) is 0 Å². The molecule has 3 aromatic carbocycles. The normalized spacial score (nSPS) is 11.7. The number of halogens is 2. The summed E-state index contributed by atoms with van der Waals surface area (Å²) in [6.07, 6.45) is -0.654. The molecule has 11 heteroatoms. The number of hydrogen-bond acceptors (Lipinski definition) is 6. The first-order valence-corrected chi connectivity index (χ1v) is 14.1. The summed E-state index contributed by atoms with van der Waals surface area (Å²) in [7, 11) is 1.62. The second-order valence-corrected chi connectivity index (χ2v) is 12.1. The molecule has 0 fully saturated rings. The molecule has 0 radical (unpaired) electrons. The van der Waals surface area contributed by atoms with Crippen LogP contribution in [0.3, 0.4) is 0 Å². The number of alkyl carbamates (subject to hydrolysis) is 1. The van der Waals surface area contributed by atoms with Crippen LogP contribution in [0.1, 0.15) is 45.7 Å². The first kappa shape index (κ1) is 31.0. The van der Waals surface area contributed by atoms with Crippen LogP contribution < -0.4 is 20.7 Å². The molecule has 1 heterocycles. The Kier molecular flexibility index (Phi) is 9.23. The van der Waals surface area contributed by atoms with Gasteiger partial charge in [0.15, 0.2) is 5.82 Å². The summed E-state index contributed by atoms with van der Waals surface area (Å²) in [5, 5.41) is 15.3. The van der Waals surface area contributed by atoms with Crippen LogP contribution in [0.15, 0.2) is 60.7 Å². The molecule has 2 amide bonds. The largest absolute Gasteiger partial charge is 0.496 e. The summed E-state index contributed by atoms with van der Waals surface area (Å²) in [6.45, 7) is 9.29. The van der Waals surface area contributed by atoms with Crippen molar-refractivity contribution in [1.82, 2.24) is 20.4 Å². The molecule has 42 heavy (non-hydrogen) atoms. The Balaban J connectivity index is 1.52. The number of rotatable bonds is 9. The highest BCUT2D eigenvalue weighted by Crippen LogP contribution is 2.37. The number of anilines is 2. The summed E-state index contributed by atoms with van der Waals surface area (Å²) < 4.78 is 12.8. The smallest absolute Gasteiger partial charge is 0.408 e. The Hall–Kier alpha value is -3.95. The van der Waals surface area contributed by atoms with E-state index in [1.165, 1.54) is 0 Å². The van der Waals surface area contributed by atoms with E-state index in [1.54, 1.807) is 47.8 Å². The zero-order valence-electron chi connectivity index (χ0n) is 24.5. The third-order valence-electron chi connectivity index (χ3n) is 6.32. The van der Waals surface area contributed by atoms with Gasteiger partial charge in [0.05, 0.1) is 40.3 Å². The Morgan fingerprint density at radius 3 is 2.36 bits per heavy atom. The van der Waals surface area contributed by atoms with Crippen LogP contribution in [0.25, 0.3) is 10.9 Å². The highest BCUT2D eigenvalue weighted by molar-refractivity contribution is 6.43. The van der Waals surface area contributed by atoms with E-state index >= 15 is 0 Å². The number of benzene rings is 3. The molecular formula is C31H35Cl2N5O4. The number of amides is 2. The fourth-order valence-corrected chi connectivity index (χ4v) is 4.68. The molecule has 0 spiro atoms. The number of carbonyl (C=O) groups is 2. The number of aromatic nitrogens is 2. The predicted octanol–water partition coefficient (Wildman–Crippen LogP) is 7.06. The van der Waals surface area contributed by atoms with Gasteiger partial charge in [0.2, 0.25) is 5.91 Å². The van der Waals surface area contributed by atoms with Gasteiger partial charge in [-0.05, 0) is 70.0 Å². The zero-order chi connectivity index (χ0) is 30.7. The lowest BCUT2D eigenvalue weighted by Gasteiger charge is -2.27. The number of fused-ring (bicyclic) bond motifs is 1. The van der Waals surface area contributed by atoms with E-state index in [1.807, 2.05) is 59.3 Å². The molecule has 0 aliphatic rings. The highest BCUT2D eigenvalue weighted by Gasteiger charge is 2.31. The van der Waals surface area contributed by atoms with Crippen molar-refractivity contribution in [2.45, 2.75) is 58.8 Å².